The van der Waals surface area contributed by atoms with Crippen molar-refractivity contribution in [1.82, 2.24) is 10.3 Å². The summed E-state index contributed by atoms with van der Waals surface area (Å²) in [5.41, 5.74) is 7.29. The Labute approximate surface area is 108 Å². The first kappa shape index (κ1) is 14.0. The van der Waals surface area contributed by atoms with Gasteiger partial charge >= 0.3 is 6.09 Å². The Morgan fingerprint density at radius 2 is 2.22 bits per heavy atom. The summed E-state index contributed by atoms with van der Waals surface area (Å²) >= 11 is 5.81. The smallest absolute Gasteiger partial charge is 0.404 e. The first-order valence-electron chi connectivity index (χ1n) is 4.87. The van der Waals surface area contributed by atoms with E-state index < -0.39 is 12.0 Å². The molecule has 0 aliphatic carbocycles. The van der Waals surface area contributed by atoms with Gasteiger partial charge in [-0.15, -0.1) is 0 Å². The van der Waals surface area contributed by atoms with Gasteiger partial charge in [-0.05, 0) is 6.07 Å². The molecule has 8 nitrogen and oxygen atoms in total. The molecule has 2 amide bonds. The molecule has 0 radical (unpaired) electrons. The van der Waals surface area contributed by atoms with Gasteiger partial charge < -0.3 is 21.2 Å². The molecule has 1 aromatic rings. The highest BCUT2D eigenvalue weighted by molar-refractivity contribution is 6.33. The number of anilines is 1. The first-order chi connectivity index (χ1) is 8.54. The van der Waals surface area contributed by atoms with Gasteiger partial charge in [0.05, 0.1) is 17.1 Å². The predicted octanol–water partition coefficient (Wildman–Crippen LogP) is -0.154. The highest BCUT2D eigenvalue weighted by Crippen LogP contribution is 2.18. The molecule has 6 N–H and O–H groups in total. The minimum Gasteiger partial charge on any atom is -0.448 e. The molecule has 0 aromatic carbocycles. The maximum absolute atomic E-state index is 11.6. The van der Waals surface area contributed by atoms with Crippen LogP contribution in [0.3, 0.4) is 0 Å². The highest BCUT2D eigenvalue weighted by Gasteiger charge is 2.09. The van der Waals surface area contributed by atoms with Crippen LogP contribution in [-0.4, -0.2) is 30.1 Å². The SMILES string of the molecule is NNc1ncc(C(=O)NCCOC(N)=O)cc1Cl. The second-order valence-corrected chi connectivity index (χ2v) is 3.53. The van der Waals surface area contributed by atoms with Gasteiger partial charge in [0, 0.05) is 6.20 Å². The average molecular weight is 274 g/mol. The number of ether oxygens (including phenoxy) is 1. The predicted molar refractivity (Wildman–Crippen MR) is 64.9 cm³/mol. The molecule has 1 rings (SSSR count). The van der Waals surface area contributed by atoms with Crippen LogP contribution in [0, 0.1) is 0 Å². The number of hydrogen-bond donors (Lipinski definition) is 4. The van der Waals surface area contributed by atoms with Crippen LogP contribution in [0.5, 0.6) is 0 Å². The quantitative estimate of drug-likeness (QED) is 0.335. The molecule has 98 valence electrons. The zero-order chi connectivity index (χ0) is 13.5. The van der Waals surface area contributed by atoms with Crippen molar-refractivity contribution < 1.29 is 14.3 Å². The maximum atomic E-state index is 11.6. The number of aromatic nitrogens is 1. The van der Waals surface area contributed by atoms with E-state index in [0.717, 1.165) is 0 Å². The van der Waals surface area contributed by atoms with E-state index in [0.29, 0.717) is 0 Å². The molecule has 0 spiro atoms. The summed E-state index contributed by atoms with van der Waals surface area (Å²) in [5, 5.41) is 2.72. The van der Waals surface area contributed by atoms with Crippen molar-refractivity contribution in [3.8, 4) is 0 Å². The number of carbonyl (C=O) groups excluding carboxylic acids is 2. The molecular weight excluding hydrogens is 262 g/mol. The topological polar surface area (TPSA) is 132 Å². The molecule has 0 aliphatic rings. The molecule has 0 saturated heterocycles. The molecular formula is C9H12ClN5O3. The highest BCUT2D eigenvalue weighted by atomic mass is 35.5. The lowest BCUT2D eigenvalue weighted by Gasteiger charge is -2.07. The van der Waals surface area contributed by atoms with E-state index in [4.69, 9.17) is 23.2 Å². The zero-order valence-corrected chi connectivity index (χ0v) is 10.0. The molecule has 1 heterocycles. The number of carbonyl (C=O) groups is 2. The fourth-order valence-corrected chi connectivity index (χ4v) is 1.31. The van der Waals surface area contributed by atoms with Crippen molar-refractivity contribution in [2.24, 2.45) is 11.6 Å². The third-order valence-corrected chi connectivity index (χ3v) is 2.16. The lowest BCUT2D eigenvalue weighted by molar-refractivity contribution is 0.0936. The first-order valence-corrected chi connectivity index (χ1v) is 5.25. The lowest BCUT2D eigenvalue weighted by Crippen LogP contribution is -2.29. The number of pyridine rings is 1. The van der Waals surface area contributed by atoms with Gasteiger partial charge in [-0.2, -0.15) is 0 Å². The molecule has 9 heteroatoms. The van der Waals surface area contributed by atoms with Crippen molar-refractivity contribution in [2.45, 2.75) is 0 Å². The van der Waals surface area contributed by atoms with Crippen LogP contribution in [0.4, 0.5) is 10.6 Å². The van der Waals surface area contributed by atoms with Crippen molar-refractivity contribution >= 4 is 29.4 Å². The summed E-state index contributed by atoms with van der Waals surface area (Å²) in [4.78, 5) is 25.7. The minimum atomic E-state index is -0.896. The third-order valence-electron chi connectivity index (χ3n) is 1.87. The van der Waals surface area contributed by atoms with Crippen LogP contribution in [0.25, 0.3) is 0 Å². The molecule has 0 aliphatic heterocycles. The van der Waals surface area contributed by atoms with Crippen LogP contribution in [0.2, 0.25) is 5.02 Å². The fraction of sp³-hybridized carbons (Fsp3) is 0.222. The van der Waals surface area contributed by atoms with Crippen LogP contribution in [0.15, 0.2) is 12.3 Å². The number of hydrogen-bond acceptors (Lipinski definition) is 6. The molecule has 0 saturated carbocycles. The van der Waals surface area contributed by atoms with E-state index in [1.807, 2.05) is 0 Å². The summed E-state index contributed by atoms with van der Waals surface area (Å²) in [5.74, 6) is 5.01. The van der Waals surface area contributed by atoms with Crippen molar-refractivity contribution in [2.75, 3.05) is 18.6 Å². The van der Waals surface area contributed by atoms with Crippen LogP contribution in [-0.2, 0) is 4.74 Å². The van der Waals surface area contributed by atoms with E-state index in [1.165, 1.54) is 12.3 Å². The van der Waals surface area contributed by atoms with Crippen LogP contribution in [0.1, 0.15) is 10.4 Å². The Hall–Kier alpha value is -2.06. The third kappa shape index (κ3) is 4.07. The standard InChI is InChI=1S/C9H12ClN5O3/c10-6-3-5(4-14-7(6)15-12)8(16)13-1-2-18-9(11)17/h3-4H,1-2,12H2,(H2,11,17)(H,13,16)(H,14,15). The Morgan fingerprint density at radius 1 is 1.50 bits per heavy atom. The Balaban J connectivity index is 2.51. The number of nitrogens with zero attached hydrogens (tertiary/aromatic N) is 1. The van der Waals surface area contributed by atoms with Gasteiger partial charge in [-0.3, -0.25) is 4.79 Å². The molecule has 1 aromatic heterocycles. The maximum Gasteiger partial charge on any atom is 0.404 e. The number of nitrogen functional groups attached to an aromatic ring is 1. The van der Waals surface area contributed by atoms with Gasteiger partial charge in [0.2, 0.25) is 0 Å². The summed E-state index contributed by atoms with van der Waals surface area (Å²) in [7, 11) is 0. The average Bonchev–Trinajstić information content (AvgIpc) is 2.34. The van der Waals surface area contributed by atoms with E-state index >= 15 is 0 Å². The van der Waals surface area contributed by atoms with Crippen molar-refractivity contribution in [3.63, 3.8) is 0 Å². The van der Waals surface area contributed by atoms with E-state index in [1.54, 1.807) is 0 Å². The lowest BCUT2D eigenvalue weighted by atomic mass is 10.2. The number of nitrogens with one attached hydrogen (secondary N) is 2. The normalized spacial score (nSPS) is 9.67. The van der Waals surface area contributed by atoms with E-state index in [-0.39, 0.29) is 29.6 Å². The molecule has 0 bridgehead atoms. The fourth-order valence-electron chi connectivity index (χ4n) is 1.09. The minimum absolute atomic E-state index is 0.00925. The van der Waals surface area contributed by atoms with Gasteiger partial charge in [0.25, 0.3) is 5.91 Å². The summed E-state index contributed by atoms with van der Waals surface area (Å²) in [6, 6.07) is 1.41. The second-order valence-electron chi connectivity index (χ2n) is 3.12. The van der Waals surface area contributed by atoms with Gasteiger partial charge in [0.15, 0.2) is 5.82 Å². The molecule has 0 atom stereocenters. The molecule has 18 heavy (non-hydrogen) atoms. The number of rotatable bonds is 5. The largest absolute Gasteiger partial charge is 0.448 e. The van der Waals surface area contributed by atoms with E-state index in [2.05, 4.69) is 20.5 Å². The summed E-state index contributed by atoms with van der Waals surface area (Å²) in [6.07, 6.45) is 0.415. The second kappa shape index (κ2) is 6.62. The summed E-state index contributed by atoms with van der Waals surface area (Å²) in [6.45, 7) is 0.126. The van der Waals surface area contributed by atoms with E-state index in [9.17, 15) is 9.59 Å². The van der Waals surface area contributed by atoms with Gasteiger partial charge in [-0.25, -0.2) is 15.6 Å². The van der Waals surface area contributed by atoms with Crippen molar-refractivity contribution in [1.29, 1.82) is 0 Å². The van der Waals surface area contributed by atoms with Gasteiger partial charge in [0.1, 0.15) is 6.61 Å². The number of hydrazine groups is 1. The monoisotopic (exact) mass is 273 g/mol. The van der Waals surface area contributed by atoms with Crippen LogP contribution >= 0.6 is 11.6 Å². The zero-order valence-electron chi connectivity index (χ0n) is 9.27. The molecule has 0 unspecified atom stereocenters. The Morgan fingerprint density at radius 3 is 2.78 bits per heavy atom. The number of primary amides is 1. The van der Waals surface area contributed by atoms with Gasteiger partial charge in [-0.1, -0.05) is 11.6 Å². The Kier molecular flexibility index (Phi) is 5.15. The number of nitrogens with two attached hydrogens (primary N) is 2. The molecule has 0 fully saturated rings. The van der Waals surface area contributed by atoms with Crippen LogP contribution < -0.4 is 22.3 Å². The van der Waals surface area contributed by atoms with Crippen molar-refractivity contribution in [3.05, 3.63) is 22.8 Å². The number of halogens is 1. The number of amides is 2. The summed E-state index contributed by atoms with van der Waals surface area (Å²) < 4.78 is 4.44. The Bertz CT molecular complexity index is 454.